The maximum atomic E-state index is 11.9. The number of rotatable bonds is 6. The molecule has 0 saturated heterocycles. The maximum absolute atomic E-state index is 11.9. The average Bonchev–Trinajstić information content (AvgIpc) is 2.90. The molecule has 21 heavy (non-hydrogen) atoms. The fraction of sp³-hybridized carbons (Fsp3) is 0.312. The molecule has 1 amide bonds. The Labute approximate surface area is 137 Å². The van der Waals surface area contributed by atoms with Gasteiger partial charge in [0.2, 0.25) is 0 Å². The number of hydrogen-bond donors (Lipinski definition) is 2. The molecule has 2 aromatic rings. The van der Waals surface area contributed by atoms with Gasteiger partial charge >= 0.3 is 0 Å². The van der Waals surface area contributed by atoms with E-state index in [1.54, 1.807) is 11.3 Å². The second kappa shape index (κ2) is 7.73. The Bertz CT molecular complexity index is 595. The minimum absolute atomic E-state index is 0.0247. The van der Waals surface area contributed by atoms with E-state index in [4.69, 9.17) is 0 Å². The molecule has 1 aromatic heterocycles. The van der Waals surface area contributed by atoms with Crippen LogP contribution in [-0.4, -0.2) is 19.0 Å². The minimum atomic E-state index is -0.0247. The van der Waals surface area contributed by atoms with Gasteiger partial charge in [-0.15, -0.1) is 11.3 Å². The van der Waals surface area contributed by atoms with Crippen LogP contribution in [-0.2, 0) is 0 Å². The van der Waals surface area contributed by atoms with Gasteiger partial charge in [0.15, 0.2) is 0 Å². The number of amides is 1. The molecule has 2 N–H and O–H groups in total. The zero-order valence-corrected chi connectivity index (χ0v) is 14.6. The van der Waals surface area contributed by atoms with Crippen molar-refractivity contribution >= 4 is 33.2 Å². The quantitative estimate of drug-likeness (QED) is 0.761. The van der Waals surface area contributed by atoms with Crippen LogP contribution in [0.5, 0.6) is 0 Å². The van der Waals surface area contributed by atoms with E-state index >= 15 is 0 Å². The Balaban J connectivity index is 1.72. The first-order chi connectivity index (χ1) is 10.1. The second-order valence-corrected chi connectivity index (χ2v) is 6.82. The number of benzene rings is 1. The summed E-state index contributed by atoms with van der Waals surface area (Å²) in [6, 6.07) is 10.0. The number of aryl methyl sites for hydroxylation is 1. The highest BCUT2D eigenvalue weighted by Gasteiger charge is 2.08. The molecule has 1 heterocycles. The first-order valence-electron chi connectivity index (χ1n) is 6.88. The van der Waals surface area contributed by atoms with Crippen LogP contribution in [0.25, 0.3) is 0 Å². The highest BCUT2D eigenvalue weighted by molar-refractivity contribution is 9.10. The van der Waals surface area contributed by atoms with Crippen molar-refractivity contribution in [1.29, 1.82) is 0 Å². The lowest BCUT2D eigenvalue weighted by Crippen LogP contribution is -2.32. The van der Waals surface area contributed by atoms with E-state index in [1.165, 1.54) is 4.88 Å². The second-order valence-electron chi connectivity index (χ2n) is 4.97. The van der Waals surface area contributed by atoms with E-state index in [9.17, 15) is 4.79 Å². The Morgan fingerprint density at radius 3 is 2.62 bits per heavy atom. The SMILES string of the molecule is Cc1ccc(C(=O)NCCNC(C)c2cc(Br)cs2)cc1. The van der Waals surface area contributed by atoms with Crippen molar-refractivity contribution in [3.63, 3.8) is 0 Å². The van der Waals surface area contributed by atoms with Crippen molar-refractivity contribution in [3.8, 4) is 0 Å². The molecule has 0 saturated carbocycles. The largest absolute Gasteiger partial charge is 0.351 e. The predicted molar refractivity (Wildman–Crippen MR) is 91.9 cm³/mol. The number of nitrogens with one attached hydrogen (secondary N) is 2. The summed E-state index contributed by atoms with van der Waals surface area (Å²) in [5.74, 6) is -0.0247. The summed E-state index contributed by atoms with van der Waals surface area (Å²) in [7, 11) is 0. The Morgan fingerprint density at radius 2 is 2.00 bits per heavy atom. The molecule has 3 nitrogen and oxygen atoms in total. The zero-order valence-electron chi connectivity index (χ0n) is 12.2. The summed E-state index contributed by atoms with van der Waals surface area (Å²) in [6.07, 6.45) is 0. The van der Waals surface area contributed by atoms with Gasteiger partial charge in [0.25, 0.3) is 5.91 Å². The van der Waals surface area contributed by atoms with Crippen LogP contribution >= 0.6 is 27.3 Å². The smallest absolute Gasteiger partial charge is 0.251 e. The number of thiophene rings is 1. The van der Waals surface area contributed by atoms with Crippen LogP contribution in [0.4, 0.5) is 0 Å². The van der Waals surface area contributed by atoms with Gasteiger partial charge in [0.05, 0.1) is 0 Å². The van der Waals surface area contributed by atoms with E-state index in [1.807, 2.05) is 31.2 Å². The van der Waals surface area contributed by atoms with E-state index in [-0.39, 0.29) is 11.9 Å². The molecule has 112 valence electrons. The molecule has 0 aliphatic heterocycles. The van der Waals surface area contributed by atoms with Crippen LogP contribution in [0.2, 0.25) is 0 Å². The number of carbonyl (C=O) groups excluding carboxylic acids is 1. The van der Waals surface area contributed by atoms with Gasteiger partial charge in [-0.1, -0.05) is 17.7 Å². The number of carbonyl (C=O) groups is 1. The summed E-state index contributed by atoms with van der Waals surface area (Å²) in [5, 5.41) is 8.40. The van der Waals surface area contributed by atoms with Crippen molar-refractivity contribution in [2.45, 2.75) is 19.9 Å². The third-order valence-corrected chi connectivity index (χ3v) is 5.07. The molecule has 5 heteroatoms. The van der Waals surface area contributed by atoms with Crippen LogP contribution in [0.1, 0.15) is 33.8 Å². The Hall–Kier alpha value is -1.17. The highest BCUT2D eigenvalue weighted by atomic mass is 79.9. The maximum Gasteiger partial charge on any atom is 0.251 e. The molecule has 0 bridgehead atoms. The summed E-state index contributed by atoms with van der Waals surface area (Å²) in [6.45, 7) is 5.49. The summed E-state index contributed by atoms with van der Waals surface area (Å²) in [4.78, 5) is 13.2. The Kier molecular flexibility index (Phi) is 5.96. The molecule has 1 atom stereocenters. The number of halogens is 1. The molecular formula is C16H19BrN2OS. The topological polar surface area (TPSA) is 41.1 Å². The van der Waals surface area contributed by atoms with Crippen LogP contribution in [0.3, 0.4) is 0 Å². The van der Waals surface area contributed by atoms with E-state index in [2.05, 4.69) is 44.9 Å². The third kappa shape index (κ3) is 4.95. The van der Waals surface area contributed by atoms with Crippen molar-refractivity contribution < 1.29 is 4.79 Å². The van der Waals surface area contributed by atoms with Gasteiger partial charge in [-0.25, -0.2) is 0 Å². The third-order valence-electron chi connectivity index (χ3n) is 3.19. The van der Waals surface area contributed by atoms with Gasteiger partial charge in [-0.05, 0) is 48.0 Å². The standard InChI is InChI=1S/C16H19BrN2OS/c1-11-3-5-13(6-4-11)16(20)19-8-7-18-12(2)15-9-14(17)10-21-15/h3-6,9-10,12,18H,7-8H2,1-2H3,(H,19,20). The van der Waals surface area contributed by atoms with Crippen LogP contribution < -0.4 is 10.6 Å². The van der Waals surface area contributed by atoms with Gasteiger partial charge in [-0.3, -0.25) is 4.79 Å². The minimum Gasteiger partial charge on any atom is -0.351 e. The lowest BCUT2D eigenvalue weighted by molar-refractivity contribution is 0.0953. The predicted octanol–water partition coefficient (Wildman–Crippen LogP) is 3.90. The van der Waals surface area contributed by atoms with Gasteiger partial charge in [0, 0.05) is 39.4 Å². The highest BCUT2D eigenvalue weighted by Crippen LogP contribution is 2.24. The van der Waals surface area contributed by atoms with Crippen molar-refractivity contribution in [2.24, 2.45) is 0 Å². The first-order valence-corrected chi connectivity index (χ1v) is 8.55. The van der Waals surface area contributed by atoms with Crippen molar-refractivity contribution in [2.75, 3.05) is 13.1 Å². The molecule has 0 spiro atoms. The van der Waals surface area contributed by atoms with Crippen LogP contribution in [0.15, 0.2) is 40.2 Å². The van der Waals surface area contributed by atoms with Crippen molar-refractivity contribution in [3.05, 3.63) is 56.2 Å². The molecule has 0 radical (unpaired) electrons. The molecule has 1 unspecified atom stereocenters. The summed E-state index contributed by atoms with van der Waals surface area (Å²) >= 11 is 5.18. The van der Waals surface area contributed by atoms with Gasteiger partial charge in [0.1, 0.15) is 0 Å². The van der Waals surface area contributed by atoms with Gasteiger partial charge in [-0.2, -0.15) is 0 Å². The van der Waals surface area contributed by atoms with Crippen molar-refractivity contribution in [1.82, 2.24) is 10.6 Å². The molecule has 1 aromatic carbocycles. The lowest BCUT2D eigenvalue weighted by Gasteiger charge is -2.12. The number of hydrogen-bond acceptors (Lipinski definition) is 3. The monoisotopic (exact) mass is 366 g/mol. The molecule has 0 aliphatic rings. The summed E-state index contributed by atoms with van der Waals surface area (Å²) < 4.78 is 1.11. The fourth-order valence-corrected chi connectivity index (χ4v) is 3.41. The molecular weight excluding hydrogens is 348 g/mol. The van der Waals surface area contributed by atoms with E-state index in [0.717, 1.165) is 16.6 Å². The van der Waals surface area contributed by atoms with E-state index < -0.39 is 0 Å². The first kappa shape index (κ1) is 16.2. The van der Waals surface area contributed by atoms with E-state index in [0.29, 0.717) is 12.1 Å². The average molecular weight is 367 g/mol. The Morgan fingerprint density at radius 1 is 1.29 bits per heavy atom. The molecule has 0 aliphatic carbocycles. The lowest BCUT2D eigenvalue weighted by atomic mass is 10.1. The zero-order chi connectivity index (χ0) is 15.2. The summed E-state index contributed by atoms with van der Waals surface area (Å²) in [5.41, 5.74) is 1.86. The molecule has 0 fully saturated rings. The normalized spacial score (nSPS) is 12.1. The van der Waals surface area contributed by atoms with Crippen LogP contribution in [0, 0.1) is 6.92 Å². The molecule has 2 rings (SSSR count). The van der Waals surface area contributed by atoms with Gasteiger partial charge < -0.3 is 10.6 Å². The fourth-order valence-electron chi connectivity index (χ4n) is 1.93.